The Labute approximate surface area is 121 Å². The van der Waals surface area contributed by atoms with E-state index in [-0.39, 0.29) is 11.7 Å². The summed E-state index contributed by atoms with van der Waals surface area (Å²) in [6, 6.07) is 0. The van der Waals surface area contributed by atoms with Crippen molar-refractivity contribution in [1.29, 1.82) is 0 Å². The minimum atomic E-state index is -0.472. The van der Waals surface area contributed by atoms with E-state index in [1.165, 1.54) is 11.8 Å². The molecule has 0 aromatic carbocycles. The molecular formula is C13H18N4O2S. The van der Waals surface area contributed by atoms with Crippen molar-refractivity contribution in [3.63, 3.8) is 0 Å². The third-order valence-electron chi connectivity index (χ3n) is 2.35. The highest BCUT2D eigenvalue weighted by Gasteiger charge is 2.17. The number of esters is 1. The van der Waals surface area contributed by atoms with Crippen LogP contribution in [0.4, 0.5) is 5.82 Å². The van der Waals surface area contributed by atoms with Crippen molar-refractivity contribution in [2.75, 3.05) is 18.1 Å². The van der Waals surface area contributed by atoms with Crippen LogP contribution in [0.5, 0.6) is 0 Å². The molecule has 0 saturated heterocycles. The van der Waals surface area contributed by atoms with Gasteiger partial charge >= 0.3 is 5.97 Å². The van der Waals surface area contributed by atoms with Crippen molar-refractivity contribution in [2.24, 2.45) is 0 Å². The molecule has 0 radical (unpaired) electrons. The van der Waals surface area contributed by atoms with Gasteiger partial charge in [0.1, 0.15) is 16.4 Å². The highest BCUT2D eigenvalue weighted by Crippen LogP contribution is 2.23. The molecule has 2 rings (SSSR count). The Bertz CT molecular complexity index is 618. The van der Waals surface area contributed by atoms with Crippen LogP contribution in [0.15, 0.2) is 23.6 Å². The van der Waals surface area contributed by atoms with Gasteiger partial charge in [-0.1, -0.05) is 11.8 Å². The quantitative estimate of drug-likeness (QED) is 0.689. The number of carbonyl (C=O) groups excluding carboxylic acids is 1. The van der Waals surface area contributed by atoms with Crippen LogP contribution < -0.4 is 5.32 Å². The summed E-state index contributed by atoms with van der Waals surface area (Å²) in [7, 11) is 1.80. The number of hydrogen-bond donors (Lipinski definition) is 1. The van der Waals surface area contributed by atoms with E-state index in [2.05, 4.69) is 15.3 Å². The number of nitrogens with one attached hydrogen (secondary N) is 1. The van der Waals surface area contributed by atoms with E-state index < -0.39 is 5.60 Å². The van der Waals surface area contributed by atoms with Crippen LogP contribution in [-0.4, -0.2) is 38.7 Å². The SMILES string of the molecule is CNc1cn2ccnc2c(SCC(=O)OC(C)(C)C)n1. The van der Waals surface area contributed by atoms with Gasteiger partial charge < -0.3 is 14.5 Å². The number of nitrogens with zero attached hydrogens (tertiary/aromatic N) is 3. The number of thioether (sulfide) groups is 1. The lowest BCUT2D eigenvalue weighted by Gasteiger charge is -2.19. The van der Waals surface area contributed by atoms with Crippen LogP contribution in [0, 0.1) is 0 Å². The zero-order chi connectivity index (χ0) is 14.8. The first kappa shape index (κ1) is 14.6. The van der Waals surface area contributed by atoms with Crippen molar-refractivity contribution < 1.29 is 9.53 Å². The topological polar surface area (TPSA) is 68.5 Å². The molecule has 2 heterocycles. The molecular weight excluding hydrogens is 276 g/mol. The molecule has 0 unspecified atom stereocenters. The van der Waals surface area contributed by atoms with E-state index in [4.69, 9.17) is 4.74 Å². The second kappa shape index (κ2) is 5.70. The molecule has 0 aliphatic rings. The third kappa shape index (κ3) is 3.63. The number of anilines is 1. The molecule has 108 valence electrons. The van der Waals surface area contributed by atoms with E-state index >= 15 is 0 Å². The van der Waals surface area contributed by atoms with Gasteiger partial charge in [0.15, 0.2) is 5.65 Å². The van der Waals surface area contributed by atoms with Crippen LogP contribution >= 0.6 is 11.8 Å². The summed E-state index contributed by atoms with van der Waals surface area (Å²) < 4.78 is 7.15. The number of hydrogen-bond acceptors (Lipinski definition) is 6. The van der Waals surface area contributed by atoms with Gasteiger partial charge in [-0.2, -0.15) is 0 Å². The molecule has 0 aliphatic heterocycles. The second-order valence-corrected chi connectivity index (χ2v) is 6.18. The van der Waals surface area contributed by atoms with E-state index in [9.17, 15) is 4.79 Å². The van der Waals surface area contributed by atoms with Gasteiger partial charge in [0, 0.05) is 19.4 Å². The molecule has 0 atom stereocenters. The summed E-state index contributed by atoms with van der Waals surface area (Å²) in [6.07, 6.45) is 5.39. The Morgan fingerprint density at radius 1 is 1.50 bits per heavy atom. The molecule has 2 aromatic rings. The van der Waals surface area contributed by atoms with Crippen LogP contribution in [0.3, 0.4) is 0 Å². The summed E-state index contributed by atoms with van der Waals surface area (Å²) in [5.74, 6) is 0.672. The van der Waals surface area contributed by atoms with Crippen LogP contribution in [0.1, 0.15) is 20.8 Å². The predicted octanol–water partition coefficient (Wildman–Crippen LogP) is 2.20. The fraction of sp³-hybridized carbons (Fsp3) is 0.462. The first-order valence-electron chi connectivity index (χ1n) is 6.25. The van der Waals surface area contributed by atoms with Crippen LogP contribution in [-0.2, 0) is 9.53 Å². The van der Waals surface area contributed by atoms with Gasteiger partial charge in [-0.05, 0) is 20.8 Å². The van der Waals surface area contributed by atoms with Crippen molar-refractivity contribution in [3.8, 4) is 0 Å². The lowest BCUT2D eigenvalue weighted by molar-refractivity contribution is -0.151. The molecule has 0 spiro atoms. The zero-order valence-corrected chi connectivity index (χ0v) is 12.8. The number of aromatic nitrogens is 3. The minimum Gasteiger partial charge on any atom is -0.459 e. The fourth-order valence-corrected chi connectivity index (χ4v) is 2.38. The Hall–Kier alpha value is -1.76. The van der Waals surface area contributed by atoms with Crippen LogP contribution in [0.2, 0.25) is 0 Å². The first-order chi connectivity index (χ1) is 9.39. The van der Waals surface area contributed by atoms with Gasteiger partial charge in [-0.15, -0.1) is 0 Å². The molecule has 20 heavy (non-hydrogen) atoms. The first-order valence-corrected chi connectivity index (χ1v) is 7.24. The van der Waals surface area contributed by atoms with Crippen molar-refractivity contribution in [1.82, 2.24) is 14.4 Å². The van der Waals surface area contributed by atoms with Gasteiger partial charge in [-0.3, -0.25) is 4.79 Å². The maximum Gasteiger partial charge on any atom is 0.316 e. The average molecular weight is 294 g/mol. The smallest absolute Gasteiger partial charge is 0.316 e. The summed E-state index contributed by atoms with van der Waals surface area (Å²) in [6.45, 7) is 5.55. The number of imidazole rings is 1. The molecule has 0 aliphatic carbocycles. The predicted molar refractivity (Wildman–Crippen MR) is 79.1 cm³/mol. The maximum atomic E-state index is 11.7. The molecule has 7 heteroatoms. The number of carbonyl (C=O) groups is 1. The van der Waals surface area contributed by atoms with Gasteiger partial charge in [-0.25, -0.2) is 9.97 Å². The van der Waals surface area contributed by atoms with E-state index in [0.717, 1.165) is 11.5 Å². The largest absolute Gasteiger partial charge is 0.459 e. The minimum absolute atomic E-state index is 0.208. The van der Waals surface area contributed by atoms with Gasteiger partial charge in [0.05, 0.1) is 11.9 Å². The highest BCUT2D eigenvalue weighted by molar-refractivity contribution is 8.00. The molecule has 1 N–H and O–H groups in total. The molecule has 0 amide bonds. The maximum absolute atomic E-state index is 11.7. The molecule has 0 bridgehead atoms. The van der Waals surface area contributed by atoms with Crippen molar-refractivity contribution in [2.45, 2.75) is 31.4 Å². The second-order valence-electron chi connectivity index (χ2n) is 5.21. The summed E-state index contributed by atoms with van der Waals surface area (Å²) in [4.78, 5) is 20.4. The Kier molecular flexibility index (Phi) is 4.17. The summed E-state index contributed by atoms with van der Waals surface area (Å²) >= 11 is 1.32. The molecule has 0 saturated carbocycles. The van der Waals surface area contributed by atoms with Crippen LogP contribution in [0.25, 0.3) is 5.65 Å². The van der Waals surface area contributed by atoms with E-state index in [1.54, 1.807) is 13.2 Å². The molecule has 2 aromatic heterocycles. The number of ether oxygens (including phenoxy) is 1. The van der Waals surface area contributed by atoms with Gasteiger partial charge in [0.2, 0.25) is 0 Å². The lowest BCUT2D eigenvalue weighted by atomic mass is 10.2. The lowest BCUT2D eigenvalue weighted by Crippen LogP contribution is -2.24. The monoisotopic (exact) mass is 294 g/mol. The van der Waals surface area contributed by atoms with Crippen molar-refractivity contribution >= 4 is 29.2 Å². The number of rotatable bonds is 4. The van der Waals surface area contributed by atoms with E-state index in [0.29, 0.717) is 5.03 Å². The summed E-state index contributed by atoms with van der Waals surface area (Å²) in [5, 5.41) is 3.69. The normalized spacial score (nSPS) is 11.6. The third-order valence-corrected chi connectivity index (χ3v) is 3.27. The Balaban J connectivity index is 2.13. The fourth-order valence-electron chi connectivity index (χ4n) is 1.62. The Morgan fingerprint density at radius 3 is 2.90 bits per heavy atom. The highest BCUT2D eigenvalue weighted by atomic mass is 32.2. The molecule has 6 nitrogen and oxygen atoms in total. The standard InChI is InChI=1S/C13H18N4O2S/c1-13(2,3)19-10(18)8-20-12-11-15-5-6-17(11)7-9(14-4)16-12/h5-7,14H,8H2,1-4H3. The van der Waals surface area contributed by atoms with E-state index in [1.807, 2.05) is 37.6 Å². The Morgan fingerprint density at radius 2 is 2.25 bits per heavy atom. The zero-order valence-electron chi connectivity index (χ0n) is 12.0. The van der Waals surface area contributed by atoms with Gasteiger partial charge in [0.25, 0.3) is 0 Å². The average Bonchev–Trinajstić information content (AvgIpc) is 2.81. The van der Waals surface area contributed by atoms with Crippen molar-refractivity contribution in [3.05, 3.63) is 18.6 Å². The number of fused-ring (bicyclic) bond motifs is 1. The summed E-state index contributed by atoms with van der Waals surface area (Å²) in [5.41, 5.74) is 0.262. The molecule has 0 fully saturated rings.